The number of thiophene rings is 1. The van der Waals surface area contributed by atoms with Crippen LogP contribution in [0.15, 0.2) is 71.6 Å². The second-order valence-corrected chi connectivity index (χ2v) is 12.1. The van der Waals surface area contributed by atoms with E-state index in [4.69, 9.17) is 11.6 Å². The quantitative estimate of drug-likeness (QED) is 0.362. The molecule has 0 aliphatic rings. The number of hydrogen-bond acceptors (Lipinski definition) is 4. The van der Waals surface area contributed by atoms with Gasteiger partial charge in [0, 0.05) is 27.9 Å². The second kappa shape index (κ2) is 11.3. The van der Waals surface area contributed by atoms with Gasteiger partial charge in [-0.1, -0.05) is 55.8 Å². The Labute approximate surface area is 205 Å². The minimum absolute atomic E-state index is 0.0578. The van der Waals surface area contributed by atoms with Gasteiger partial charge in [0.15, 0.2) is 0 Å². The fourth-order valence-corrected chi connectivity index (χ4v) is 6.04. The number of nitrogens with zero attached hydrogens (tertiary/aromatic N) is 2. The Morgan fingerprint density at radius 2 is 1.64 bits per heavy atom. The highest BCUT2D eigenvalue weighted by atomic mass is 35.5. The van der Waals surface area contributed by atoms with Gasteiger partial charge < -0.3 is 4.90 Å². The summed E-state index contributed by atoms with van der Waals surface area (Å²) in [6, 6.07) is 19.8. The van der Waals surface area contributed by atoms with Crippen LogP contribution in [0.25, 0.3) is 0 Å². The Morgan fingerprint density at radius 1 is 0.970 bits per heavy atom. The summed E-state index contributed by atoms with van der Waals surface area (Å²) in [5.74, 6) is -0.175. The Kier molecular flexibility index (Phi) is 8.70. The van der Waals surface area contributed by atoms with E-state index < -0.39 is 10.0 Å². The maximum absolute atomic E-state index is 13.5. The first-order chi connectivity index (χ1) is 15.6. The molecule has 0 unspecified atom stereocenters. The molecule has 1 heterocycles. The van der Waals surface area contributed by atoms with Crippen LogP contribution in [0.5, 0.6) is 0 Å². The highest BCUT2D eigenvalue weighted by molar-refractivity contribution is 7.89. The van der Waals surface area contributed by atoms with Crippen LogP contribution in [0.1, 0.15) is 29.2 Å². The van der Waals surface area contributed by atoms with Gasteiger partial charge in [0.25, 0.3) is 0 Å². The number of amides is 1. The monoisotopic (exact) mass is 504 g/mol. The van der Waals surface area contributed by atoms with Crippen molar-refractivity contribution in [3.63, 3.8) is 0 Å². The van der Waals surface area contributed by atoms with E-state index in [1.54, 1.807) is 28.4 Å². The van der Waals surface area contributed by atoms with Gasteiger partial charge >= 0.3 is 0 Å². The molecular formula is C25H29ClN2O3S2. The molecule has 8 heteroatoms. The summed E-state index contributed by atoms with van der Waals surface area (Å²) < 4.78 is 28.0. The molecule has 0 saturated carbocycles. The van der Waals surface area contributed by atoms with E-state index in [-0.39, 0.29) is 29.8 Å². The molecular weight excluding hydrogens is 476 g/mol. The summed E-state index contributed by atoms with van der Waals surface area (Å²) in [7, 11) is -3.85. The molecule has 3 rings (SSSR count). The van der Waals surface area contributed by atoms with Crippen molar-refractivity contribution in [3.8, 4) is 0 Å². The van der Waals surface area contributed by atoms with E-state index in [0.717, 1.165) is 10.4 Å². The summed E-state index contributed by atoms with van der Waals surface area (Å²) in [6.07, 6.45) is 0. The molecule has 1 aromatic heterocycles. The lowest BCUT2D eigenvalue weighted by Gasteiger charge is -2.28. The fraction of sp³-hybridized carbons (Fsp3) is 0.320. The van der Waals surface area contributed by atoms with E-state index in [9.17, 15) is 13.2 Å². The van der Waals surface area contributed by atoms with Crippen LogP contribution in [0, 0.1) is 12.8 Å². The predicted molar refractivity (Wildman–Crippen MR) is 135 cm³/mol. The zero-order chi connectivity index (χ0) is 24.0. The summed E-state index contributed by atoms with van der Waals surface area (Å²) in [4.78, 5) is 17.6. The van der Waals surface area contributed by atoms with Gasteiger partial charge in [-0.15, -0.1) is 11.3 Å². The third-order valence-electron chi connectivity index (χ3n) is 5.04. The number of aryl methyl sites for hydroxylation is 1. The van der Waals surface area contributed by atoms with Crippen molar-refractivity contribution < 1.29 is 13.2 Å². The summed E-state index contributed by atoms with van der Waals surface area (Å²) in [5.41, 5.74) is 0.995. The lowest BCUT2D eigenvalue weighted by molar-refractivity contribution is -0.132. The third kappa shape index (κ3) is 7.14. The second-order valence-electron chi connectivity index (χ2n) is 8.39. The number of benzene rings is 2. The molecule has 176 valence electrons. The highest BCUT2D eigenvalue weighted by Crippen LogP contribution is 2.22. The van der Waals surface area contributed by atoms with Crippen LogP contribution in [0.4, 0.5) is 0 Å². The van der Waals surface area contributed by atoms with Crippen molar-refractivity contribution in [1.82, 2.24) is 9.21 Å². The maximum Gasteiger partial charge on any atom is 0.243 e. The third-order valence-corrected chi connectivity index (χ3v) is 8.11. The van der Waals surface area contributed by atoms with Crippen LogP contribution in [-0.2, 0) is 27.9 Å². The van der Waals surface area contributed by atoms with Gasteiger partial charge in [-0.05, 0) is 54.8 Å². The zero-order valence-electron chi connectivity index (χ0n) is 19.1. The lowest BCUT2D eigenvalue weighted by Crippen LogP contribution is -2.43. The average molecular weight is 505 g/mol. The lowest BCUT2D eigenvalue weighted by atomic mass is 10.2. The molecule has 3 aromatic rings. The van der Waals surface area contributed by atoms with Crippen LogP contribution in [0.3, 0.4) is 0 Å². The number of halogens is 1. The van der Waals surface area contributed by atoms with Gasteiger partial charge in [0.05, 0.1) is 18.0 Å². The first-order valence-electron chi connectivity index (χ1n) is 10.8. The topological polar surface area (TPSA) is 57.7 Å². The number of hydrogen-bond donors (Lipinski definition) is 0. The van der Waals surface area contributed by atoms with E-state index in [2.05, 4.69) is 0 Å². The Hall–Kier alpha value is -2.19. The highest BCUT2D eigenvalue weighted by Gasteiger charge is 2.29. The van der Waals surface area contributed by atoms with Crippen molar-refractivity contribution in [2.75, 3.05) is 13.1 Å². The molecule has 33 heavy (non-hydrogen) atoms. The van der Waals surface area contributed by atoms with Crippen molar-refractivity contribution in [2.24, 2.45) is 5.92 Å². The van der Waals surface area contributed by atoms with E-state index in [1.807, 2.05) is 63.2 Å². The minimum Gasteiger partial charge on any atom is -0.332 e. The normalized spacial score (nSPS) is 11.8. The Morgan fingerprint density at radius 3 is 2.21 bits per heavy atom. The molecule has 0 aliphatic heterocycles. The van der Waals surface area contributed by atoms with Gasteiger partial charge in [-0.2, -0.15) is 4.31 Å². The summed E-state index contributed by atoms with van der Waals surface area (Å²) in [6.45, 7) is 6.76. The fourth-order valence-electron chi connectivity index (χ4n) is 3.46. The van der Waals surface area contributed by atoms with Gasteiger partial charge in [-0.3, -0.25) is 4.79 Å². The van der Waals surface area contributed by atoms with Gasteiger partial charge in [0.1, 0.15) is 0 Å². The number of rotatable bonds is 10. The molecule has 0 atom stereocenters. The molecule has 2 aromatic carbocycles. The van der Waals surface area contributed by atoms with Crippen molar-refractivity contribution in [3.05, 3.63) is 87.1 Å². The largest absolute Gasteiger partial charge is 0.332 e. The van der Waals surface area contributed by atoms with Gasteiger partial charge in [-0.25, -0.2) is 8.42 Å². The Bertz CT molecular complexity index is 1160. The molecule has 0 fully saturated rings. The number of carbonyl (C=O) groups excluding carboxylic acids is 1. The van der Waals surface area contributed by atoms with Crippen LogP contribution < -0.4 is 0 Å². The first-order valence-corrected chi connectivity index (χ1v) is 13.4. The smallest absolute Gasteiger partial charge is 0.243 e. The van der Waals surface area contributed by atoms with Crippen LogP contribution in [0.2, 0.25) is 5.02 Å². The SMILES string of the molecule is Cc1ccc(CN(Cc2ccccc2)C(=O)CN(CC(C)C)S(=O)(=O)c2ccc(Cl)cc2)s1. The van der Waals surface area contributed by atoms with Crippen LogP contribution in [-0.4, -0.2) is 36.6 Å². The molecule has 0 saturated heterocycles. The summed E-state index contributed by atoms with van der Waals surface area (Å²) >= 11 is 7.58. The molecule has 5 nitrogen and oxygen atoms in total. The van der Waals surface area contributed by atoms with E-state index in [0.29, 0.717) is 18.1 Å². The molecule has 0 aliphatic carbocycles. The molecule has 0 radical (unpaired) electrons. The summed E-state index contributed by atoms with van der Waals surface area (Å²) in [5, 5.41) is 0.459. The van der Waals surface area contributed by atoms with E-state index in [1.165, 1.54) is 21.3 Å². The molecule has 0 spiro atoms. The Balaban J connectivity index is 1.87. The number of carbonyl (C=O) groups is 1. The van der Waals surface area contributed by atoms with Crippen molar-refractivity contribution >= 4 is 38.9 Å². The van der Waals surface area contributed by atoms with Gasteiger partial charge in [0.2, 0.25) is 15.9 Å². The molecule has 1 amide bonds. The van der Waals surface area contributed by atoms with Crippen molar-refractivity contribution in [1.29, 1.82) is 0 Å². The standard InChI is InChI=1S/C25H29ClN2O3S2/c1-19(2)15-28(33(30,31)24-13-10-22(26)11-14-24)18-25(29)27(16-21-7-5-4-6-8-21)17-23-12-9-20(3)32-23/h4-14,19H,15-18H2,1-3H3. The van der Waals surface area contributed by atoms with Crippen molar-refractivity contribution in [2.45, 2.75) is 38.8 Å². The van der Waals surface area contributed by atoms with E-state index >= 15 is 0 Å². The average Bonchev–Trinajstić information content (AvgIpc) is 3.18. The molecule has 0 N–H and O–H groups in total. The zero-order valence-corrected chi connectivity index (χ0v) is 21.5. The predicted octanol–water partition coefficient (Wildman–Crippen LogP) is 5.59. The maximum atomic E-state index is 13.5. The molecule has 0 bridgehead atoms. The van der Waals surface area contributed by atoms with Crippen LogP contribution >= 0.6 is 22.9 Å². The minimum atomic E-state index is -3.85. The first kappa shape index (κ1) is 25.4. The number of sulfonamides is 1.